The minimum absolute atomic E-state index is 0.0108. The molecule has 0 fully saturated rings. The van der Waals surface area contributed by atoms with Gasteiger partial charge in [-0.05, 0) is 44.4 Å². The molecule has 98 valence electrons. The zero-order valence-electron chi connectivity index (χ0n) is 21.4. The molecule has 0 aliphatic carbocycles. The molecule has 0 unspecified atom stereocenters. The van der Waals surface area contributed by atoms with Crippen molar-refractivity contribution in [3.8, 4) is 5.75 Å². The summed E-state index contributed by atoms with van der Waals surface area (Å²) in [6, 6.07) is -5.95. The van der Waals surface area contributed by atoms with Gasteiger partial charge in [0.05, 0.1) is 15.1 Å². The summed E-state index contributed by atoms with van der Waals surface area (Å²) in [6.07, 6.45) is 0. The van der Waals surface area contributed by atoms with E-state index in [2.05, 4.69) is 0 Å². The molecule has 0 spiro atoms. The van der Waals surface area contributed by atoms with Gasteiger partial charge in [-0.15, -0.1) is 0 Å². The van der Waals surface area contributed by atoms with Crippen LogP contribution in [0.5, 0.6) is 5.75 Å². The summed E-state index contributed by atoms with van der Waals surface area (Å²) in [7, 11) is 0. The zero-order valence-corrected chi connectivity index (χ0v) is 10.4. The molecule has 0 bridgehead atoms. The van der Waals surface area contributed by atoms with Gasteiger partial charge in [-0.3, -0.25) is 0 Å². The van der Waals surface area contributed by atoms with E-state index in [1.54, 1.807) is 0 Å². The van der Waals surface area contributed by atoms with E-state index in [4.69, 9.17) is 15.1 Å². The van der Waals surface area contributed by atoms with Crippen molar-refractivity contribution >= 4 is 43.1 Å². The Labute approximate surface area is 136 Å². The molecule has 0 radical (unpaired) electrons. The van der Waals surface area contributed by atoms with Crippen molar-refractivity contribution in [2.24, 2.45) is 0 Å². The van der Waals surface area contributed by atoms with Gasteiger partial charge in [0.1, 0.15) is 5.75 Å². The number of benzene rings is 5. The molecular weight excluding hydrogens is 256 g/mol. The molecule has 5 rings (SSSR count). The summed E-state index contributed by atoms with van der Waals surface area (Å²) in [6.45, 7) is 0. The van der Waals surface area contributed by atoms with E-state index in [0.717, 1.165) is 0 Å². The van der Waals surface area contributed by atoms with Crippen LogP contribution in [0.3, 0.4) is 0 Å². The van der Waals surface area contributed by atoms with Gasteiger partial charge in [0.2, 0.25) is 0 Å². The number of phenolic OH excluding ortho intramolecular Hbond substituents is 1. The highest BCUT2D eigenvalue weighted by Crippen LogP contribution is 2.40. The highest BCUT2D eigenvalue weighted by molar-refractivity contribution is 6.29. The maximum absolute atomic E-state index is 10.6. The lowest BCUT2D eigenvalue weighted by molar-refractivity contribution is 0.482. The van der Waals surface area contributed by atoms with Crippen LogP contribution in [0.4, 0.5) is 0 Å². The van der Waals surface area contributed by atoms with Crippen LogP contribution in [-0.2, 0) is 0 Å². The van der Waals surface area contributed by atoms with E-state index >= 15 is 0 Å². The zero-order chi connectivity index (χ0) is 23.5. The average Bonchev–Trinajstić information content (AvgIpc) is 2.75. The third-order valence-electron chi connectivity index (χ3n) is 3.61. The Morgan fingerprint density at radius 1 is 0.619 bits per heavy atom. The van der Waals surface area contributed by atoms with Crippen LogP contribution in [0.1, 0.15) is 15.1 Å². The van der Waals surface area contributed by atoms with E-state index in [0.29, 0.717) is 0 Å². The molecule has 1 nitrogen and oxygen atoms in total. The molecule has 0 aliphatic heterocycles. The van der Waals surface area contributed by atoms with Gasteiger partial charge >= 0.3 is 0 Å². The van der Waals surface area contributed by atoms with Gasteiger partial charge in [-0.2, -0.15) is 0 Å². The lowest BCUT2D eigenvalue weighted by Gasteiger charge is -2.13. The Kier molecular flexibility index (Phi) is 0.847. The molecule has 0 amide bonds. The topological polar surface area (TPSA) is 20.2 Å². The number of rotatable bonds is 0. The van der Waals surface area contributed by atoms with E-state index in [1.165, 1.54) is 0 Å². The fourth-order valence-electron chi connectivity index (χ4n) is 2.71. The van der Waals surface area contributed by atoms with Gasteiger partial charge in [0, 0.05) is 10.8 Å². The Hall–Kier alpha value is -2.80. The van der Waals surface area contributed by atoms with Crippen molar-refractivity contribution in [2.45, 2.75) is 0 Å². The van der Waals surface area contributed by atoms with Crippen LogP contribution in [0, 0.1) is 0 Å². The molecular formula is C20H12O. The smallest absolute Gasteiger partial charge is 0.123 e. The quantitative estimate of drug-likeness (QED) is 0.295. The van der Waals surface area contributed by atoms with Crippen LogP contribution < -0.4 is 0 Å². The molecule has 5 aromatic carbocycles. The first kappa shape index (κ1) is 4.88. The fraction of sp³-hybridized carbons (Fsp3) is 0. The van der Waals surface area contributed by atoms with Gasteiger partial charge < -0.3 is 5.11 Å². The summed E-state index contributed by atoms with van der Waals surface area (Å²) in [5, 5.41) is 9.33. The number of phenols is 1. The molecule has 0 atom stereocenters. The molecule has 0 saturated heterocycles. The van der Waals surface area contributed by atoms with Crippen LogP contribution in [0.2, 0.25) is 0 Å². The second-order valence-electron chi connectivity index (χ2n) is 4.72. The Balaban J connectivity index is 2.38. The van der Waals surface area contributed by atoms with Gasteiger partial charge in [-0.1, -0.05) is 54.4 Å². The van der Waals surface area contributed by atoms with Crippen molar-refractivity contribution in [1.82, 2.24) is 0 Å². The van der Waals surface area contributed by atoms with Gasteiger partial charge in [-0.25, -0.2) is 0 Å². The number of fused-ring (bicyclic) bond motifs is 2. The molecule has 0 aromatic heterocycles. The first-order chi connectivity index (χ1) is 14.9. The van der Waals surface area contributed by atoms with Crippen molar-refractivity contribution in [3.05, 3.63) is 66.5 Å². The van der Waals surface area contributed by atoms with Crippen LogP contribution in [-0.4, -0.2) is 5.11 Å². The third-order valence-corrected chi connectivity index (χ3v) is 3.61. The van der Waals surface area contributed by atoms with Crippen LogP contribution in [0.15, 0.2) is 66.5 Å². The molecule has 1 N–H and O–H groups in total. The SMILES string of the molecule is [2H]c1c([2H])c([2H])c2c(c1[2H])c([2H])c1c([2H])c([2H])c3c(O)c([2H])c([2H])c4c([2H])c([2H])c2c1c43. The predicted octanol–water partition coefficient (Wildman–Crippen LogP) is 5.44. The van der Waals surface area contributed by atoms with Gasteiger partial charge in [0.15, 0.2) is 0 Å². The van der Waals surface area contributed by atoms with E-state index < -0.39 is 72.2 Å². The van der Waals surface area contributed by atoms with Crippen LogP contribution in [0.25, 0.3) is 43.1 Å². The minimum Gasteiger partial charge on any atom is -0.507 e. The molecule has 1 heteroatoms. The number of hydrogen-bond donors (Lipinski definition) is 1. The summed E-state index contributed by atoms with van der Waals surface area (Å²) in [5.74, 6) is -0.733. The summed E-state index contributed by atoms with van der Waals surface area (Å²) in [4.78, 5) is 0. The monoisotopic (exact) mass is 279 g/mol. The number of hydrogen-bond acceptors (Lipinski definition) is 1. The highest BCUT2D eigenvalue weighted by Gasteiger charge is 2.12. The highest BCUT2D eigenvalue weighted by atomic mass is 16.3. The third kappa shape index (κ3) is 1.30. The lowest BCUT2D eigenvalue weighted by atomic mass is 9.91. The van der Waals surface area contributed by atoms with Crippen molar-refractivity contribution < 1.29 is 20.2 Å². The Bertz CT molecular complexity index is 1670. The van der Waals surface area contributed by atoms with Crippen LogP contribution >= 0.6 is 0 Å². The predicted molar refractivity (Wildman–Crippen MR) is 89.3 cm³/mol. The van der Waals surface area contributed by atoms with Crippen molar-refractivity contribution in [2.75, 3.05) is 0 Å². The molecule has 21 heavy (non-hydrogen) atoms. The summed E-state index contributed by atoms with van der Waals surface area (Å²) >= 11 is 0. The largest absolute Gasteiger partial charge is 0.507 e. The second kappa shape index (κ2) is 3.64. The molecule has 0 heterocycles. The average molecular weight is 279 g/mol. The second-order valence-corrected chi connectivity index (χ2v) is 4.72. The standard InChI is InChI=1S/C20H12O/c21-18-10-7-12-5-8-16-15-4-2-1-3-13(15)11-14-6-9-17(18)19(12)20(14)16/h1-11,21H/i1D,2D,3D,4D,5D,6D,7D,8D,9D,10D,11D. The maximum Gasteiger partial charge on any atom is 0.123 e. The first-order valence-corrected chi connectivity index (χ1v) is 6.22. The maximum atomic E-state index is 10.6. The Morgan fingerprint density at radius 2 is 1.33 bits per heavy atom. The number of aromatic hydroxyl groups is 1. The van der Waals surface area contributed by atoms with E-state index in [1.807, 2.05) is 0 Å². The molecule has 5 aromatic rings. The molecule has 0 aliphatic rings. The van der Waals surface area contributed by atoms with Crippen molar-refractivity contribution in [1.29, 1.82) is 0 Å². The first-order valence-electron chi connectivity index (χ1n) is 11.7. The Morgan fingerprint density at radius 3 is 2.29 bits per heavy atom. The van der Waals surface area contributed by atoms with E-state index in [9.17, 15) is 5.11 Å². The normalized spacial score (nSPS) is 19.3. The summed E-state index contributed by atoms with van der Waals surface area (Å²) < 4.78 is 91.7. The van der Waals surface area contributed by atoms with E-state index in [-0.39, 0.29) is 43.1 Å². The fourth-order valence-corrected chi connectivity index (χ4v) is 2.71. The molecule has 0 saturated carbocycles. The lowest BCUT2D eigenvalue weighted by Crippen LogP contribution is -1.85. The summed E-state index contributed by atoms with van der Waals surface area (Å²) in [5.41, 5.74) is 0. The minimum atomic E-state index is -0.733. The van der Waals surface area contributed by atoms with Crippen molar-refractivity contribution in [3.63, 3.8) is 0 Å². The van der Waals surface area contributed by atoms with Gasteiger partial charge in [0.25, 0.3) is 0 Å².